The third-order valence-corrected chi connectivity index (χ3v) is 9.57. The number of nitrogens with zero attached hydrogens (tertiary/aromatic N) is 2. The van der Waals surface area contributed by atoms with Crippen molar-refractivity contribution in [3.8, 4) is 0 Å². The van der Waals surface area contributed by atoms with Crippen LogP contribution in [0, 0.1) is 0 Å². The normalized spacial score (nSPS) is 12.0. The SMILES string of the molecule is CCCCCCCCCCCCCCCCCOS(=O)(=O)c1nc2ccccc2n1Cc1ccccc1S(=O)(=O)[O-].[Na+]. The van der Waals surface area contributed by atoms with Crippen LogP contribution in [-0.2, 0) is 31.0 Å². The first kappa shape index (κ1) is 36.9. The summed E-state index contributed by atoms with van der Waals surface area (Å²) >= 11 is 0. The Hall–Kier alpha value is -1.27. The van der Waals surface area contributed by atoms with Crippen LogP contribution in [0.1, 0.15) is 109 Å². The van der Waals surface area contributed by atoms with E-state index in [9.17, 15) is 21.4 Å². The van der Waals surface area contributed by atoms with E-state index in [0.717, 1.165) is 19.3 Å². The first-order chi connectivity index (χ1) is 19.7. The van der Waals surface area contributed by atoms with Crippen LogP contribution in [0.4, 0.5) is 0 Å². The third-order valence-electron chi connectivity index (χ3n) is 7.40. The molecule has 11 heteroatoms. The first-order valence-corrected chi connectivity index (χ1v) is 17.9. The molecule has 1 aromatic heterocycles. The van der Waals surface area contributed by atoms with E-state index in [0.29, 0.717) is 17.5 Å². The quantitative estimate of drug-likeness (QED) is 0.0734. The Morgan fingerprint density at radius 1 is 0.714 bits per heavy atom. The van der Waals surface area contributed by atoms with Gasteiger partial charge in [0.25, 0.3) is 5.16 Å². The molecule has 3 rings (SSSR count). The molecule has 228 valence electrons. The molecular weight excluding hydrogens is 583 g/mol. The van der Waals surface area contributed by atoms with Crippen molar-refractivity contribution in [1.82, 2.24) is 9.55 Å². The Morgan fingerprint density at radius 3 is 1.79 bits per heavy atom. The van der Waals surface area contributed by atoms with E-state index >= 15 is 0 Å². The Balaban J connectivity index is 0.00000616. The van der Waals surface area contributed by atoms with E-state index in [1.165, 1.54) is 93.4 Å². The van der Waals surface area contributed by atoms with Crippen LogP contribution in [0.25, 0.3) is 11.0 Å². The number of unbranched alkanes of at least 4 members (excludes halogenated alkanes) is 14. The number of para-hydroxylation sites is 2. The van der Waals surface area contributed by atoms with Crippen LogP contribution < -0.4 is 29.6 Å². The van der Waals surface area contributed by atoms with Gasteiger partial charge in [-0.25, -0.2) is 13.4 Å². The fraction of sp³-hybridized carbons (Fsp3) is 0.581. The summed E-state index contributed by atoms with van der Waals surface area (Å²) in [4.78, 5) is 3.90. The van der Waals surface area contributed by atoms with Crippen LogP contribution in [0.3, 0.4) is 0 Å². The molecule has 0 aliphatic heterocycles. The van der Waals surface area contributed by atoms with Gasteiger partial charge in [0.2, 0.25) is 0 Å². The first-order valence-electron chi connectivity index (χ1n) is 15.1. The van der Waals surface area contributed by atoms with Gasteiger partial charge in [-0.2, -0.15) is 8.42 Å². The van der Waals surface area contributed by atoms with E-state index < -0.39 is 20.2 Å². The molecule has 0 N–H and O–H groups in total. The van der Waals surface area contributed by atoms with Gasteiger partial charge in [0.15, 0.2) is 0 Å². The number of fused-ring (bicyclic) bond motifs is 1. The van der Waals surface area contributed by atoms with Gasteiger partial charge in [0.1, 0.15) is 10.1 Å². The minimum Gasteiger partial charge on any atom is -0.744 e. The monoisotopic (exact) mass is 628 g/mol. The second-order valence-corrected chi connectivity index (χ2v) is 13.6. The van der Waals surface area contributed by atoms with Gasteiger partial charge in [-0.1, -0.05) is 127 Å². The summed E-state index contributed by atoms with van der Waals surface area (Å²) < 4.78 is 68.4. The Bertz CT molecular complexity index is 1420. The Labute approximate surface area is 274 Å². The average molecular weight is 629 g/mol. The van der Waals surface area contributed by atoms with Gasteiger partial charge in [-0.05, 0) is 30.2 Å². The van der Waals surface area contributed by atoms with Gasteiger partial charge in [0, 0.05) is 0 Å². The van der Waals surface area contributed by atoms with Crippen molar-refractivity contribution in [2.75, 3.05) is 6.61 Å². The predicted octanol–water partition coefficient (Wildman–Crippen LogP) is 4.57. The zero-order valence-electron chi connectivity index (χ0n) is 25.3. The summed E-state index contributed by atoms with van der Waals surface area (Å²) in [7, 11) is -8.96. The molecule has 2 aromatic carbocycles. The molecule has 0 saturated heterocycles. The van der Waals surface area contributed by atoms with Gasteiger partial charge in [-0.15, -0.1) is 0 Å². The van der Waals surface area contributed by atoms with Gasteiger partial charge in [0.05, 0.1) is 29.1 Å². The average Bonchev–Trinajstić information content (AvgIpc) is 3.32. The van der Waals surface area contributed by atoms with Crippen molar-refractivity contribution >= 4 is 31.3 Å². The van der Waals surface area contributed by atoms with Crippen molar-refractivity contribution in [3.05, 3.63) is 54.1 Å². The standard InChI is InChI=1S/C31H46N2O6S2.Na/c1-2-3-4-5-6-7-8-9-10-11-12-13-14-15-20-25-39-41(37,38)31-32-28-22-17-18-23-29(28)33(31)26-27-21-16-19-24-30(27)40(34,35)36;/h16-19,21-24H,2-15,20,25-26H2,1H3,(H,34,35,36);/q;+1/p-1. The van der Waals surface area contributed by atoms with Crippen molar-refractivity contribution in [2.45, 2.75) is 120 Å². The number of rotatable bonds is 21. The second kappa shape index (κ2) is 19.2. The van der Waals surface area contributed by atoms with Crippen LogP contribution in [-0.4, -0.2) is 37.5 Å². The molecule has 0 spiro atoms. The number of benzene rings is 2. The van der Waals surface area contributed by atoms with E-state index in [1.54, 1.807) is 30.3 Å². The van der Waals surface area contributed by atoms with Crippen molar-refractivity contribution < 1.29 is 55.1 Å². The van der Waals surface area contributed by atoms with E-state index in [1.807, 2.05) is 0 Å². The minimum absolute atomic E-state index is 0. The van der Waals surface area contributed by atoms with Gasteiger partial charge >= 0.3 is 39.7 Å². The smallest absolute Gasteiger partial charge is 0.744 e. The maximum Gasteiger partial charge on any atom is 1.00 e. The van der Waals surface area contributed by atoms with Crippen LogP contribution in [0.15, 0.2) is 58.6 Å². The molecule has 3 aromatic rings. The van der Waals surface area contributed by atoms with Gasteiger partial charge < -0.3 is 9.12 Å². The fourth-order valence-electron chi connectivity index (χ4n) is 5.14. The number of hydrogen-bond acceptors (Lipinski definition) is 7. The topological polar surface area (TPSA) is 118 Å². The molecule has 0 aliphatic carbocycles. The van der Waals surface area contributed by atoms with Crippen molar-refractivity contribution in [2.24, 2.45) is 0 Å². The van der Waals surface area contributed by atoms with Crippen LogP contribution in [0.2, 0.25) is 0 Å². The second-order valence-electron chi connectivity index (χ2n) is 10.8. The summed E-state index contributed by atoms with van der Waals surface area (Å²) in [5, 5.41) is -0.308. The summed E-state index contributed by atoms with van der Waals surface area (Å²) in [6.07, 6.45) is 18.3. The number of aromatic nitrogens is 2. The Morgan fingerprint density at radius 2 is 1.21 bits per heavy atom. The molecule has 1 heterocycles. The molecule has 42 heavy (non-hydrogen) atoms. The molecule has 0 atom stereocenters. The molecule has 0 amide bonds. The minimum atomic E-state index is -4.74. The predicted molar refractivity (Wildman–Crippen MR) is 161 cm³/mol. The third kappa shape index (κ3) is 12.0. The van der Waals surface area contributed by atoms with Crippen LogP contribution in [0.5, 0.6) is 0 Å². The van der Waals surface area contributed by atoms with Gasteiger partial charge in [-0.3, -0.25) is 4.18 Å². The fourth-order valence-corrected chi connectivity index (χ4v) is 6.93. The summed E-state index contributed by atoms with van der Waals surface area (Å²) in [6, 6.07) is 12.6. The summed E-state index contributed by atoms with van der Waals surface area (Å²) in [5.74, 6) is 0. The van der Waals surface area contributed by atoms with Crippen molar-refractivity contribution in [3.63, 3.8) is 0 Å². The summed E-state index contributed by atoms with van der Waals surface area (Å²) in [6.45, 7) is 2.14. The summed E-state index contributed by atoms with van der Waals surface area (Å²) in [5.41, 5.74) is 1.12. The molecule has 0 fully saturated rings. The maximum atomic E-state index is 13.2. The molecular formula is C31H45N2NaO6S2. The number of hydrogen-bond donors (Lipinski definition) is 0. The van der Waals surface area contributed by atoms with E-state index in [2.05, 4.69) is 11.9 Å². The molecule has 0 radical (unpaired) electrons. The van der Waals surface area contributed by atoms with Crippen LogP contribution >= 0.6 is 0 Å². The Kier molecular flexibility index (Phi) is 16.9. The molecule has 8 nitrogen and oxygen atoms in total. The van der Waals surface area contributed by atoms with Crippen molar-refractivity contribution in [1.29, 1.82) is 0 Å². The maximum absolute atomic E-state index is 13.2. The molecule has 0 saturated carbocycles. The largest absolute Gasteiger partial charge is 1.00 e. The molecule has 0 unspecified atom stereocenters. The molecule has 0 aliphatic rings. The molecule has 0 bridgehead atoms. The van der Waals surface area contributed by atoms with E-state index in [-0.39, 0.29) is 58.3 Å². The zero-order chi connectivity index (χ0) is 29.6. The number of imidazole rings is 1. The van der Waals surface area contributed by atoms with E-state index in [4.69, 9.17) is 4.18 Å². The zero-order valence-corrected chi connectivity index (χ0v) is 28.9.